The fraction of sp³-hybridized carbons (Fsp3) is 0.519. The molecule has 3 rings (SSSR count). The van der Waals surface area contributed by atoms with Crippen molar-refractivity contribution in [2.45, 2.75) is 85.7 Å². The van der Waals surface area contributed by atoms with Crippen LogP contribution in [-0.4, -0.2) is 34.4 Å². The highest BCUT2D eigenvalue weighted by molar-refractivity contribution is 6.74. The first kappa shape index (κ1) is 26.1. The van der Waals surface area contributed by atoms with Gasteiger partial charge in [0.15, 0.2) is 8.32 Å². The number of aryl methyl sites for hydroxylation is 3. The van der Waals surface area contributed by atoms with E-state index >= 15 is 0 Å². The van der Waals surface area contributed by atoms with Gasteiger partial charge in [0, 0.05) is 12.5 Å². The van der Waals surface area contributed by atoms with Crippen LogP contribution in [0.5, 0.6) is 0 Å². The SMILES string of the molecule is CCn1nnc2c(C)c(C(c3ccc(C)c(CO[Si](C)(C)C(C)(C)C)c3)C(C)C(=O)O)ccc21. The summed E-state index contributed by atoms with van der Waals surface area (Å²) in [6, 6.07) is 10.3. The van der Waals surface area contributed by atoms with Gasteiger partial charge in [-0.1, -0.05) is 57.2 Å². The van der Waals surface area contributed by atoms with E-state index in [2.05, 4.69) is 69.3 Å². The van der Waals surface area contributed by atoms with Crippen molar-refractivity contribution >= 4 is 25.3 Å². The number of aromatic nitrogens is 3. The second kappa shape index (κ2) is 9.62. The first-order valence-corrected chi connectivity index (χ1v) is 15.0. The van der Waals surface area contributed by atoms with Crippen molar-refractivity contribution in [2.24, 2.45) is 5.92 Å². The third-order valence-corrected chi connectivity index (χ3v) is 12.1. The van der Waals surface area contributed by atoms with Crippen LogP contribution in [0.1, 0.15) is 68.4 Å². The molecular formula is C27H39N3O3Si. The van der Waals surface area contributed by atoms with E-state index in [9.17, 15) is 9.90 Å². The average molecular weight is 482 g/mol. The van der Waals surface area contributed by atoms with E-state index < -0.39 is 20.2 Å². The Morgan fingerprint density at radius 1 is 1.18 bits per heavy atom. The van der Waals surface area contributed by atoms with E-state index in [-0.39, 0.29) is 11.0 Å². The van der Waals surface area contributed by atoms with Crippen molar-refractivity contribution in [1.29, 1.82) is 0 Å². The average Bonchev–Trinajstić information content (AvgIpc) is 3.18. The van der Waals surface area contributed by atoms with Gasteiger partial charge in [-0.25, -0.2) is 4.68 Å². The number of carboxylic acids is 1. The van der Waals surface area contributed by atoms with Crippen LogP contribution in [0, 0.1) is 19.8 Å². The molecule has 6 nitrogen and oxygen atoms in total. The third-order valence-electron chi connectivity index (χ3n) is 7.63. The Morgan fingerprint density at radius 3 is 2.44 bits per heavy atom. The molecule has 1 aromatic heterocycles. The predicted octanol–water partition coefficient (Wildman–Crippen LogP) is 6.44. The van der Waals surface area contributed by atoms with E-state index in [4.69, 9.17) is 4.43 Å². The maximum absolute atomic E-state index is 12.2. The summed E-state index contributed by atoms with van der Waals surface area (Å²) >= 11 is 0. The van der Waals surface area contributed by atoms with Crippen LogP contribution < -0.4 is 0 Å². The predicted molar refractivity (Wildman–Crippen MR) is 140 cm³/mol. The van der Waals surface area contributed by atoms with Gasteiger partial charge in [0.05, 0.1) is 18.0 Å². The van der Waals surface area contributed by atoms with Crippen molar-refractivity contribution < 1.29 is 14.3 Å². The molecule has 0 aliphatic carbocycles. The standard InChI is InChI=1S/C27H39N3O3Si/c1-10-30-23-14-13-22(18(3)25(23)28-29-30)24(19(4)26(31)32)20-12-11-17(2)21(15-20)16-33-34(8,9)27(5,6)7/h11-15,19,24H,10,16H2,1-9H3,(H,31,32). The summed E-state index contributed by atoms with van der Waals surface area (Å²) in [6.45, 7) is 20.4. The molecule has 0 amide bonds. The fourth-order valence-electron chi connectivity index (χ4n) is 4.15. The molecule has 0 saturated carbocycles. The van der Waals surface area contributed by atoms with Crippen molar-refractivity contribution in [3.63, 3.8) is 0 Å². The Hall–Kier alpha value is -2.51. The summed E-state index contributed by atoms with van der Waals surface area (Å²) in [4.78, 5) is 12.2. The third kappa shape index (κ3) is 4.96. The smallest absolute Gasteiger partial charge is 0.307 e. The molecule has 0 saturated heterocycles. The summed E-state index contributed by atoms with van der Waals surface area (Å²) in [5.74, 6) is -1.73. The molecule has 0 aliphatic heterocycles. The van der Waals surface area contributed by atoms with Gasteiger partial charge in [-0.15, -0.1) is 5.10 Å². The number of aliphatic carboxylic acids is 1. The minimum Gasteiger partial charge on any atom is -0.481 e. The number of hydrogen-bond acceptors (Lipinski definition) is 4. The Bertz CT molecular complexity index is 1190. The lowest BCUT2D eigenvalue weighted by Gasteiger charge is -2.36. The van der Waals surface area contributed by atoms with Gasteiger partial charge in [0.1, 0.15) is 5.52 Å². The topological polar surface area (TPSA) is 77.2 Å². The van der Waals surface area contributed by atoms with Gasteiger partial charge in [0.25, 0.3) is 0 Å². The van der Waals surface area contributed by atoms with Crippen LogP contribution in [0.15, 0.2) is 30.3 Å². The Labute approximate surface area is 204 Å². The molecule has 0 bridgehead atoms. The van der Waals surface area contributed by atoms with E-state index in [0.717, 1.165) is 45.4 Å². The molecule has 0 fully saturated rings. The van der Waals surface area contributed by atoms with Gasteiger partial charge < -0.3 is 9.53 Å². The van der Waals surface area contributed by atoms with E-state index in [0.29, 0.717) is 6.61 Å². The molecule has 0 spiro atoms. The van der Waals surface area contributed by atoms with Crippen LogP contribution in [-0.2, 0) is 22.4 Å². The number of benzene rings is 2. The molecule has 34 heavy (non-hydrogen) atoms. The minimum atomic E-state index is -1.91. The second-order valence-corrected chi connectivity index (χ2v) is 15.7. The van der Waals surface area contributed by atoms with Crippen LogP contribution in [0.3, 0.4) is 0 Å². The van der Waals surface area contributed by atoms with Crippen molar-refractivity contribution in [1.82, 2.24) is 15.0 Å². The summed E-state index contributed by atoms with van der Waals surface area (Å²) in [5.41, 5.74) is 7.01. The van der Waals surface area contributed by atoms with E-state index in [1.807, 2.05) is 30.7 Å². The monoisotopic (exact) mass is 481 g/mol. The van der Waals surface area contributed by atoms with E-state index in [1.165, 1.54) is 0 Å². The Morgan fingerprint density at radius 2 is 1.85 bits per heavy atom. The van der Waals surface area contributed by atoms with Crippen LogP contribution in [0.2, 0.25) is 18.1 Å². The molecule has 2 atom stereocenters. The molecule has 184 valence electrons. The van der Waals surface area contributed by atoms with Gasteiger partial charge in [0.2, 0.25) is 0 Å². The first-order chi connectivity index (χ1) is 15.8. The van der Waals surface area contributed by atoms with Crippen LogP contribution in [0.4, 0.5) is 0 Å². The lowest BCUT2D eigenvalue weighted by Crippen LogP contribution is -2.40. The summed E-state index contributed by atoms with van der Waals surface area (Å²) in [5, 5.41) is 18.8. The highest BCUT2D eigenvalue weighted by atomic mass is 28.4. The molecule has 7 heteroatoms. The zero-order chi connectivity index (χ0) is 25.4. The Balaban J connectivity index is 2.08. The summed E-state index contributed by atoms with van der Waals surface area (Å²) in [7, 11) is -1.91. The molecule has 2 aromatic carbocycles. The lowest BCUT2D eigenvalue weighted by atomic mass is 9.79. The van der Waals surface area contributed by atoms with Gasteiger partial charge >= 0.3 is 5.97 Å². The van der Waals surface area contributed by atoms with Crippen molar-refractivity contribution in [3.8, 4) is 0 Å². The quantitative estimate of drug-likeness (QED) is 0.375. The minimum absolute atomic E-state index is 0.126. The Kier molecular flexibility index (Phi) is 7.39. The largest absolute Gasteiger partial charge is 0.481 e. The highest BCUT2D eigenvalue weighted by Crippen LogP contribution is 2.39. The second-order valence-electron chi connectivity index (χ2n) is 10.9. The molecule has 1 heterocycles. The van der Waals surface area contributed by atoms with Gasteiger partial charge in [-0.3, -0.25) is 4.79 Å². The lowest BCUT2D eigenvalue weighted by molar-refractivity contribution is -0.141. The number of carboxylic acid groups (broad SMARTS) is 1. The number of rotatable bonds is 8. The summed E-state index contributed by atoms with van der Waals surface area (Å²) in [6.07, 6.45) is 0. The van der Waals surface area contributed by atoms with Crippen LogP contribution in [0.25, 0.3) is 11.0 Å². The molecule has 3 aromatic rings. The number of nitrogens with zero attached hydrogens (tertiary/aromatic N) is 3. The first-order valence-electron chi connectivity index (χ1n) is 12.1. The molecular weight excluding hydrogens is 442 g/mol. The van der Waals surface area contributed by atoms with Crippen molar-refractivity contribution in [3.05, 3.63) is 58.1 Å². The zero-order valence-corrected chi connectivity index (χ0v) is 23.1. The summed E-state index contributed by atoms with van der Waals surface area (Å²) < 4.78 is 8.37. The maximum Gasteiger partial charge on any atom is 0.307 e. The molecule has 0 radical (unpaired) electrons. The fourth-order valence-corrected chi connectivity index (χ4v) is 5.10. The number of hydrogen-bond donors (Lipinski definition) is 1. The van der Waals surface area contributed by atoms with Gasteiger partial charge in [-0.2, -0.15) is 0 Å². The number of carbonyl (C=O) groups is 1. The maximum atomic E-state index is 12.2. The highest BCUT2D eigenvalue weighted by Gasteiger charge is 2.37. The molecule has 2 unspecified atom stereocenters. The molecule has 1 N–H and O–H groups in total. The number of fused-ring (bicyclic) bond motifs is 1. The normalized spacial score (nSPS) is 14.4. The zero-order valence-electron chi connectivity index (χ0n) is 22.1. The molecule has 0 aliphatic rings. The van der Waals surface area contributed by atoms with E-state index in [1.54, 1.807) is 6.92 Å². The van der Waals surface area contributed by atoms with Gasteiger partial charge in [-0.05, 0) is 72.8 Å². The van der Waals surface area contributed by atoms with Crippen molar-refractivity contribution in [2.75, 3.05) is 0 Å². The van der Waals surface area contributed by atoms with Crippen LogP contribution >= 0.6 is 0 Å².